The van der Waals surface area contributed by atoms with Crippen LogP contribution in [0.25, 0.3) is 0 Å². The van der Waals surface area contributed by atoms with Crippen molar-refractivity contribution in [1.29, 1.82) is 0 Å². The zero-order valence-corrected chi connectivity index (χ0v) is 12.3. The molecule has 2 saturated carbocycles. The Morgan fingerprint density at radius 3 is 2.50 bits per heavy atom. The highest BCUT2D eigenvalue weighted by Gasteiger charge is 2.55. The summed E-state index contributed by atoms with van der Waals surface area (Å²) in [5, 5.41) is 3.66. The molecule has 3 nitrogen and oxygen atoms in total. The summed E-state index contributed by atoms with van der Waals surface area (Å²) in [6.45, 7) is 3.14. The Bertz CT molecular complexity index is 348. The molecule has 1 saturated heterocycles. The molecule has 18 heavy (non-hydrogen) atoms. The van der Waals surface area contributed by atoms with Gasteiger partial charge >= 0.3 is 0 Å². The molecule has 0 bridgehead atoms. The van der Waals surface area contributed by atoms with Crippen LogP contribution in [0.1, 0.15) is 51.9 Å². The van der Waals surface area contributed by atoms with Gasteiger partial charge in [0, 0.05) is 11.3 Å². The molecule has 3 rings (SSSR count). The van der Waals surface area contributed by atoms with Gasteiger partial charge in [0.15, 0.2) is 0 Å². The maximum absolute atomic E-state index is 12.8. The van der Waals surface area contributed by atoms with Crippen LogP contribution in [0.5, 0.6) is 0 Å². The number of carbonyl (C=O) groups excluding carboxylic acids is 1. The van der Waals surface area contributed by atoms with Crippen molar-refractivity contribution in [3.05, 3.63) is 0 Å². The van der Waals surface area contributed by atoms with Crippen molar-refractivity contribution in [3.63, 3.8) is 0 Å². The van der Waals surface area contributed by atoms with E-state index in [0.29, 0.717) is 10.7 Å². The first-order valence-corrected chi connectivity index (χ1v) is 8.51. The zero-order valence-electron chi connectivity index (χ0n) is 11.5. The highest BCUT2D eigenvalue weighted by atomic mass is 32.2. The first-order chi connectivity index (χ1) is 8.65. The van der Waals surface area contributed by atoms with E-state index in [0.717, 1.165) is 25.8 Å². The van der Waals surface area contributed by atoms with Gasteiger partial charge in [-0.1, -0.05) is 19.8 Å². The second-order valence-corrected chi connectivity index (χ2v) is 7.45. The van der Waals surface area contributed by atoms with E-state index in [4.69, 9.17) is 0 Å². The van der Waals surface area contributed by atoms with Crippen LogP contribution >= 0.6 is 11.8 Å². The fourth-order valence-corrected chi connectivity index (χ4v) is 4.37. The van der Waals surface area contributed by atoms with E-state index in [2.05, 4.69) is 23.4 Å². The number of thioether (sulfide) groups is 1. The zero-order chi connectivity index (χ0) is 12.8. The SMILES string of the molecule is CCC1NC2(CCCC2)C(=O)N1CC1(SC)CC1. The lowest BCUT2D eigenvalue weighted by Gasteiger charge is -2.27. The number of carbonyl (C=O) groups is 1. The van der Waals surface area contributed by atoms with E-state index in [1.165, 1.54) is 25.7 Å². The Morgan fingerprint density at radius 1 is 1.33 bits per heavy atom. The molecule has 1 N–H and O–H groups in total. The summed E-state index contributed by atoms with van der Waals surface area (Å²) in [4.78, 5) is 14.9. The van der Waals surface area contributed by atoms with Gasteiger partial charge in [0.2, 0.25) is 5.91 Å². The van der Waals surface area contributed by atoms with Gasteiger partial charge in [0.25, 0.3) is 0 Å². The lowest BCUT2D eigenvalue weighted by molar-refractivity contribution is -0.133. The van der Waals surface area contributed by atoms with E-state index < -0.39 is 0 Å². The van der Waals surface area contributed by atoms with Crippen LogP contribution in [0.3, 0.4) is 0 Å². The van der Waals surface area contributed by atoms with Crippen molar-refractivity contribution < 1.29 is 4.79 Å². The first kappa shape index (κ1) is 12.8. The summed E-state index contributed by atoms with van der Waals surface area (Å²) in [5.74, 6) is 0.396. The van der Waals surface area contributed by atoms with Crippen molar-refractivity contribution in [2.24, 2.45) is 0 Å². The predicted molar refractivity (Wildman–Crippen MR) is 75.6 cm³/mol. The molecule has 3 fully saturated rings. The third-order valence-electron chi connectivity index (χ3n) is 5.03. The first-order valence-electron chi connectivity index (χ1n) is 7.29. The van der Waals surface area contributed by atoms with Crippen LogP contribution in [0.4, 0.5) is 0 Å². The van der Waals surface area contributed by atoms with E-state index in [1.807, 2.05) is 11.8 Å². The molecule has 2 aliphatic carbocycles. The molecule has 1 unspecified atom stereocenters. The van der Waals surface area contributed by atoms with Gasteiger partial charge in [-0.25, -0.2) is 0 Å². The number of rotatable bonds is 4. The number of hydrogen-bond acceptors (Lipinski definition) is 3. The lowest BCUT2D eigenvalue weighted by Crippen LogP contribution is -2.44. The van der Waals surface area contributed by atoms with Crippen molar-refractivity contribution in [2.75, 3.05) is 12.8 Å². The summed E-state index contributed by atoms with van der Waals surface area (Å²) in [7, 11) is 0. The molecule has 0 radical (unpaired) electrons. The Hall–Kier alpha value is -0.220. The van der Waals surface area contributed by atoms with Gasteiger partial charge in [-0.05, 0) is 38.4 Å². The van der Waals surface area contributed by atoms with Crippen LogP contribution in [-0.2, 0) is 4.79 Å². The number of hydrogen-bond donors (Lipinski definition) is 1. The summed E-state index contributed by atoms with van der Waals surface area (Å²) >= 11 is 1.95. The maximum atomic E-state index is 12.8. The standard InChI is InChI=1S/C14H24N2OS/c1-3-11-15-14(6-4-5-7-14)12(17)16(11)10-13(18-2)8-9-13/h11,15H,3-10H2,1-2H3. The molecule has 1 heterocycles. The van der Waals surface area contributed by atoms with Crippen molar-refractivity contribution in [2.45, 2.75) is 68.3 Å². The fraction of sp³-hybridized carbons (Fsp3) is 0.929. The van der Waals surface area contributed by atoms with Crippen molar-refractivity contribution in [3.8, 4) is 0 Å². The topological polar surface area (TPSA) is 32.3 Å². The molecule has 4 heteroatoms. The monoisotopic (exact) mass is 268 g/mol. The van der Waals surface area contributed by atoms with Gasteiger partial charge in [0.05, 0.1) is 11.7 Å². The normalized spacial score (nSPS) is 32.4. The molecule has 0 aromatic carbocycles. The van der Waals surface area contributed by atoms with Gasteiger partial charge in [-0.2, -0.15) is 11.8 Å². The van der Waals surface area contributed by atoms with E-state index in [9.17, 15) is 4.79 Å². The minimum Gasteiger partial charge on any atom is -0.324 e. The number of nitrogens with one attached hydrogen (secondary N) is 1. The Labute approximate surface area is 114 Å². The minimum absolute atomic E-state index is 0.185. The number of nitrogens with zero attached hydrogens (tertiary/aromatic N) is 1. The van der Waals surface area contributed by atoms with Crippen LogP contribution in [0.15, 0.2) is 0 Å². The van der Waals surface area contributed by atoms with Gasteiger partial charge in [-0.3, -0.25) is 10.1 Å². The molecule has 102 valence electrons. The van der Waals surface area contributed by atoms with Gasteiger partial charge in [0.1, 0.15) is 0 Å². The smallest absolute Gasteiger partial charge is 0.244 e. The van der Waals surface area contributed by atoms with Crippen LogP contribution < -0.4 is 5.32 Å². The average Bonchev–Trinajstić information content (AvgIpc) is 2.93. The van der Waals surface area contributed by atoms with Crippen molar-refractivity contribution in [1.82, 2.24) is 10.2 Å². The fourth-order valence-electron chi connectivity index (χ4n) is 3.59. The molecule has 1 atom stereocenters. The second kappa shape index (κ2) is 4.41. The molecular formula is C14H24N2OS. The Morgan fingerprint density at radius 2 is 2.00 bits per heavy atom. The Balaban J connectivity index is 1.77. The molecule has 1 aliphatic heterocycles. The molecule has 1 amide bonds. The molecule has 3 aliphatic rings. The van der Waals surface area contributed by atoms with Gasteiger partial charge < -0.3 is 4.90 Å². The summed E-state index contributed by atoms with van der Waals surface area (Å²) in [6.07, 6.45) is 10.6. The largest absolute Gasteiger partial charge is 0.324 e. The lowest BCUT2D eigenvalue weighted by atomic mass is 9.98. The summed E-state index contributed by atoms with van der Waals surface area (Å²) in [6, 6.07) is 0. The van der Waals surface area contributed by atoms with Crippen molar-refractivity contribution >= 4 is 17.7 Å². The van der Waals surface area contributed by atoms with E-state index >= 15 is 0 Å². The van der Waals surface area contributed by atoms with Crippen LogP contribution in [-0.4, -0.2) is 40.1 Å². The molecular weight excluding hydrogens is 244 g/mol. The van der Waals surface area contributed by atoms with Gasteiger partial charge in [-0.15, -0.1) is 0 Å². The van der Waals surface area contributed by atoms with Crippen LogP contribution in [0.2, 0.25) is 0 Å². The molecule has 0 aromatic heterocycles. The molecule has 1 spiro atoms. The average molecular weight is 268 g/mol. The second-order valence-electron chi connectivity index (χ2n) is 6.18. The number of amides is 1. The summed E-state index contributed by atoms with van der Waals surface area (Å²) < 4.78 is 0.384. The van der Waals surface area contributed by atoms with E-state index in [1.54, 1.807) is 0 Å². The quantitative estimate of drug-likeness (QED) is 0.849. The predicted octanol–water partition coefficient (Wildman–Crippen LogP) is 2.36. The maximum Gasteiger partial charge on any atom is 0.244 e. The minimum atomic E-state index is -0.185. The van der Waals surface area contributed by atoms with Crippen LogP contribution in [0, 0.1) is 0 Å². The highest BCUT2D eigenvalue weighted by molar-refractivity contribution is 8.00. The third-order valence-corrected chi connectivity index (χ3v) is 6.44. The van der Waals surface area contributed by atoms with E-state index in [-0.39, 0.29) is 11.7 Å². The Kier molecular flexibility index (Phi) is 3.14. The molecule has 0 aromatic rings. The third kappa shape index (κ3) is 1.88. The summed E-state index contributed by atoms with van der Waals surface area (Å²) in [5.41, 5.74) is -0.185. The highest BCUT2D eigenvalue weighted by Crippen LogP contribution is 2.49.